The summed E-state index contributed by atoms with van der Waals surface area (Å²) in [6, 6.07) is 4.94. The summed E-state index contributed by atoms with van der Waals surface area (Å²) >= 11 is 3.20. The van der Waals surface area contributed by atoms with E-state index in [0.29, 0.717) is 11.0 Å². The SMILES string of the molecule is CC(C)(C)NCc1cn[nH]c1-c1ccc(F)c(Br)c1. The highest BCUT2D eigenvalue weighted by Gasteiger charge is 2.13. The van der Waals surface area contributed by atoms with Gasteiger partial charge < -0.3 is 5.32 Å². The van der Waals surface area contributed by atoms with E-state index in [0.717, 1.165) is 16.8 Å². The molecule has 0 aliphatic carbocycles. The minimum absolute atomic E-state index is 0.0396. The van der Waals surface area contributed by atoms with Crippen molar-refractivity contribution in [2.75, 3.05) is 0 Å². The van der Waals surface area contributed by atoms with Crippen LogP contribution in [0.5, 0.6) is 0 Å². The first kappa shape index (κ1) is 14.2. The molecule has 19 heavy (non-hydrogen) atoms. The first-order valence-electron chi connectivity index (χ1n) is 6.09. The molecule has 2 aromatic rings. The Kier molecular flexibility index (Phi) is 4.06. The Balaban J connectivity index is 2.26. The maximum Gasteiger partial charge on any atom is 0.137 e. The van der Waals surface area contributed by atoms with Gasteiger partial charge in [-0.05, 0) is 54.9 Å². The van der Waals surface area contributed by atoms with E-state index in [-0.39, 0.29) is 11.4 Å². The molecule has 0 saturated heterocycles. The van der Waals surface area contributed by atoms with Gasteiger partial charge in [-0.15, -0.1) is 0 Å². The molecular formula is C14H17BrFN3. The molecule has 3 nitrogen and oxygen atoms in total. The molecule has 1 aromatic heterocycles. The Bertz CT molecular complexity index is 572. The van der Waals surface area contributed by atoms with Crippen molar-refractivity contribution in [3.05, 3.63) is 40.2 Å². The molecule has 0 aliphatic heterocycles. The lowest BCUT2D eigenvalue weighted by atomic mass is 10.1. The van der Waals surface area contributed by atoms with Crippen LogP contribution in [0.4, 0.5) is 4.39 Å². The Morgan fingerprint density at radius 2 is 2.11 bits per heavy atom. The predicted octanol–water partition coefficient (Wildman–Crippen LogP) is 3.87. The molecule has 2 rings (SSSR count). The van der Waals surface area contributed by atoms with Crippen molar-refractivity contribution >= 4 is 15.9 Å². The lowest BCUT2D eigenvalue weighted by Crippen LogP contribution is -2.35. The highest BCUT2D eigenvalue weighted by atomic mass is 79.9. The molecule has 0 radical (unpaired) electrons. The van der Waals surface area contributed by atoms with Gasteiger partial charge in [0.15, 0.2) is 0 Å². The van der Waals surface area contributed by atoms with Crippen LogP contribution in [0.1, 0.15) is 26.3 Å². The van der Waals surface area contributed by atoms with Gasteiger partial charge in [-0.3, -0.25) is 5.10 Å². The van der Waals surface area contributed by atoms with E-state index in [2.05, 4.69) is 52.2 Å². The van der Waals surface area contributed by atoms with Gasteiger partial charge in [0.1, 0.15) is 5.82 Å². The summed E-state index contributed by atoms with van der Waals surface area (Å²) in [6.07, 6.45) is 1.80. The number of nitrogens with zero attached hydrogens (tertiary/aromatic N) is 1. The summed E-state index contributed by atoms with van der Waals surface area (Å²) < 4.78 is 13.7. The van der Waals surface area contributed by atoms with Gasteiger partial charge in [0.2, 0.25) is 0 Å². The summed E-state index contributed by atoms with van der Waals surface area (Å²) in [5.41, 5.74) is 2.93. The van der Waals surface area contributed by atoms with Crippen LogP contribution in [0.3, 0.4) is 0 Å². The molecule has 0 unspecified atom stereocenters. The zero-order valence-corrected chi connectivity index (χ0v) is 12.8. The molecule has 1 aromatic carbocycles. The van der Waals surface area contributed by atoms with Crippen molar-refractivity contribution in [3.63, 3.8) is 0 Å². The van der Waals surface area contributed by atoms with E-state index in [1.165, 1.54) is 6.07 Å². The van der Waals surface area contributed by atoms with Crippen molar-refractivity contribution < 1.29 is 4.39 Å². The molecule has 1 heterocycles. The van der Waals surface area contributed by atoms with Gasteiger partial charge in [0, 0.05) is 23.2 Å². The molecule has 0 atom stereocenters. The zero-order valence-electron chi connectivity index (χ0n) is 11.2. The van der Waals surface area contributed by atoms with E-state index < -0.39 is 0 Å². The van der Waals surface area contributed by atoms with Gasteiger partial charge in [-0.2, -0.15) is 5.10 Å². The molecule has 0 bridgehead atoms. The Morgan fingerprint density at radius 3 is 2.74 bits per heavy atom. The maximum absolute atomic E-state index is 13.3. The highest BCUT2D eigenvalue weighted by molar-refractivity contribution is 9.10. The third-order valence-corrected chi connectivity index (χ3v) is 3.34. The van der Waals surface area contributed by atoms with Crippen LogP contribution in [-0.2, 0) is 6.54 Å². The third-order valence-electron chi connectivity index (χ3n) is 2.74. The first-order valence-corrected chi connectivity index (χ1v) is 6.89. The average Bonchev–Trinajstić information content (AvgIpc) is 2.77. The van der Waals surface area contributed by atoms with E-state index in [1.807, 2.05) is 0 Å². The lowest BCUT2D eigenvalue weighted by Gasteiger charge is -2.20. The monoisotopic (exact) mass is 325 g/mol. The zero-order chi connectivity index (χ0) is 14.0. The quantitative estimate of drug-likeness (QED) is 0.899. The summed E-state index contributed by atoms with van der Waals surface area (Å²) in [5.74, 6) is -0.266. The van der Waals surface area contributed by atoms with Crippen LogP contribution in [0.25, 0.3) is 11.3 Å². The number of benzene rings is 1. The minimum Gasteiger partial charge on any atom is -0.308 e. The molecule has 0 fully saturated rings. The molecule has 0 spiro atoms. The summed E-state index contributed by atoms with van der Waals surface area (Å²) in [6.45, 7) is 7.05. The summed E-state index contributed by atoms with van der Waals surface area (Å²) in [7, 11) is 0. The van der Waals surface area contributed by atoms with E-state index in [9.17, 15) is 4.39 Å². The fraction of sp³-hybridized carbons (Fsp3) is 0.357. The van der Waals surface area contributed by atoms with Crippen LogP contribution in [0.15, 0.2) is 28.9 Å². The normalized spacial score (nSPS) is 11.8. The molecular weight excluding hydrogens is 309 g/mol. The van der Waals surface area contributed by atoms with Gasteiger partial charge >= 0.3 is 0 Å². The molecule has 0 amide bonds. The number of aromatic nitrogens is 2. The molecule has 0 aliphatic rings. The van der Waals surface area contributed by atoms with Gasteiger partial charge in [-0.25, -0.2) is 4.39 Å². The van der Waals surface area contributed by atoms with Crippen LogP contribution in [0, 0.1) is 5.82 Å². The largest absolute Gasteiger partial charge is 0.308 e. The van der Waals surface area contributed by atoms with Crippen molar-refractivity contribution in [1.29, 1.82) is 0 Å². The van der Waals surface area contributed by atoms with Crippen molar-refractivity contribution in [2.45, 2.75) is 32.9 Å². The number of hydrogen-bond donors (Lipinski definition) is 2. The van der Waals surface area contributed by atoms with Crippen LogP contribution < -0.4 is 5.32 Å². The maximum atomic E-state index is 13.3. The average molecular weight is 326 g/mol. The van der Waals surface area contributed by atoms with Crippen molar-refractivity contribution in [3.8, 4) is 11.3 Å². The summed E-state index contributed by atoms with van der Waals surface area (Å²) in [5, 5.41) is 10.5. The lowest BCUT2D eigenvalue weighted by molar-refractivity contribution is 0.424. The van der Waals surface area contributed by atoms with E-state index >= 15 is 0 Å². The van der Waals surface area contributed by atoms with Crippen molar-refractivity contribution in [2.24, 2.45) is 0 Å². The smallest absolute Gasteiger partial charge is 0.137 e. The second-order valence-electron chi connectivity index (χ2n) is 5.50. The Morgan fingerprint density at radius 1 is 1.37 bits per heavy atom. The predicted molar refractivity (Wildman–Crippen MR) is 78.3 cm³/mol. The number of nitrogens with one attached hydrogen (secondary N) is 2. The molecule has 102 valence electrons. The molecule has 2 N–H and O–H groups in total. The Hall–Kier alpha value is -1.20. The second-order valence-corrected chi connectivity index (χ2v) is 6.36. The first-order chi connectivity index (χ1) is 8.87. The van der Waals surface area contributed by atoms with Crippen LogP contribution >= 0.6 is 15.9 Å². The van der Waals surface area contributed by atoms with Gasteiger partial charge in [-0.1, -0.05) is 0 Å². The number of hydrogen-bond acceptors (Lipinski definition) is 2. The number of rotatable bonds is 3. The number of H-pyrrole nitrogens is 1. The third kappa shape index (κ3) is 3.64. The van der Waals surface area contributed by atoms with E-state index in [1.54, 1.807) is 18.3 Å². The summed E-state index contributed by atoms with van der Waals surface area (Å²) in [4.78, 5) is 0. The van der Waals surface area contributed by atoms with Crippen LogP contribution in [-0.4, -0.2) is 15.7 Å². The van der Waals surface area contributed by atoms with Crippen LogP contribution in [0.2, 0.25) is 0 Å². The van der Waals surface area contributed by atoms with Gasteiger partial charge in [0.05, 0.1) is 16.4 Å². The standard InChI is InChI=1S/C14H17BrFN3/c1-14(2,3)17-7-10-8-18-19-13(10)9-4-5-12(16)11(15)6-9/h4-6,8,17H,7H2,1-3H3,(H,18,19). The minimum atomic E-state index is -0.266. The second kappa shape index (κ2) is 5.43. The molecule has 5 heteroatoms. The topological polar surface area (TPSA) is 40.7 Å². The fourth-order valence-corrected chi connectivity index (χ4v) is 2.09. The number of aromatic amines is 1. The van der Waals surface area contributed by atoms with Crippen molar-refractivity contribution in [1.82, 2.24) is 15.5 Å². The highest BCUT2D eigenvalue weighted by Crippen LogP contribution is 2.26. The molecule has 0 saturated carbocycles. The van der Waals surface area contributed by atoms with Gasteiger partial charge in [0.25, 0.3) is 0 Å². The number of halogens is 2. The Labute approximate surface area is 120 Å². The van der Waals surface area contributed by atoms with E-state index in [4.69, 9.17) is 0 Å². The fourth-order valence-electron chi connectivity index (χ4n) is 1.71.